The Balaban J connectivity index is 1.41. The first kappa shape index (κ1) is 20.5. The number of benzene rings is 1. The molecule has 0 unspecified atom stereocenters. The summed E-state index contributed by atoms with van der Waals surface area (Å²) in [7, 11) is 3.40. The lowest BCUT2D eigenvalue weighted by Crippen LogP contribution is -2.41. The molecule has 2 aliphatic heterocycles. The SMILES string of the molecule is COc1cc(C2=CCN(C(=O)CN3CC[C@H](OC)C3)CC2)ccc1-c1ncccn1. The average molecular weight is 409 g/mol. The first-order chi connectivity index (χ1) is 14.7. The molecule has 2 aromatic rings. The highest BCUT2D eigenvalue weighted by molar-refractivity contribution is 5.80. The number of methoxy groups -OCH3 is 2. The normalized spacial score (nSPS) is 19.6. The number of likely N-dealkylation sites (tertiary alicyclic amines) is 1. The van der Waals surface area contributed by atoms with Crippen LogP contribution in [0.1, 0.15) is 18.4 Å². The molecule has 2 aliphatic rings. The predicted octanol–water partition coefficient (Wildman–Crippen LogP) is 2.49. The molecule has 1 fully saturated rings. The van der Waals surface area contributed by atoms with Crippen LogP contribution in [0.15, 0.2) is 42.7 Å². The Kier molecular flexibility index (Phi) is 6.40. The molecule has 0 aliphatic carbocycles. The van der Waals surface area contributed by atoms with Gasteiger partial charge in [0.15, 0.2) is 5.82 Å². The van der Waals surface area contributed by atoms with E-state index in [1.807, 2.05) is 17.0 Å². The van der Waals surface area contributed by atoms with Gasteiger partial charge in [-0.3, -0.25) is 9.69 Å². The molecule has 0 saturated carbocycles. The van der Waals surface area contributed by atoms with Gasteiger partial charge in [0.05, 0.1) is 25.3 Å². The summed E-state index contributed by atoms with van der Waals surface area (Å²) in [6.45, 7) is 3.62. The molecule has 0 radical (unpaired) electrons. The zero-order valence-electron chi connectivity index (χ0n) is 17.6. The summed E-state index contributed by atoms with van der Waals surface area (Å²) in [5, 5.41) is 0. The van der Waals surface area contributed by atoms with E-state index in [0.29, 0.717) is 18.9 Å². The highest BCUT2D eigenvalue weighted by Crippen LogP contribution is 2.32. The van der Waals surface area contributed by atoms with Crippen molar-refractivity contribution in [3.63, 3.8) is 0 Å². The van der Waals surface area contributed by atoms with Crippen LogP contribution in [0.3, 0.4) is 0 Å². The van der Waals surface area contributed by atoms with Crippen LogP contribution < -0.4 is 4.74 Å². The fourth-order valence-electron chi connectivity index (χ4n) is 4.10. The molecule has 0 bridgehead atoms. The minimum absolute atomic E-state index is 0.191. The fraction of sp³-hybridized carbons (Fsp3) is 0.435. The van der Waals surface area contributed by atoms with Crippen molar-refractivity contribution in [2.45, 2.75) is 18.9 Å². The van der Waals surface area contributed by atoms with Gasteiger partial charge in [-0.2, -0.15) is 0 Å². The van der Waals surface area contributed by atoms with E-state index >= 15 is 0 Å². The van der Waals surface area contributed by atoms with Crippen LogP contribution in [-0.2, 0) is 9.53 Å². The van der Waals surface area contributed by atoms with Gasteiger partial charge in [0.25, 0.3) is 0 Å². The minimum Gasteiger partial charge on any atom is -0.496 e. The van der Waals surface area contributed by atoms with E-state index in [1.54, 1.807) is 32.7 Å². The van der Waals surface area contributed by atoms with Crippen molar-refractivity contribution < 1.29 is 14.3 Å². The molecule has 1 amide bonds. The number of amides is 1. The van der Waals surface area contributed by atoms with E-state index in [0.717, 1.165) is 49.4 Å². The second-order valence-electron chi connectivity index (χ2n) is 7.69. The first-order valence-corrected chi connectivity index (χ1v) is 10.4. The molecule has 3 heterocycles. The van der Waals surface area contributed by atoms with Crippen molar-refractivity contribution in [3.05, 3.63) is 48.3 Å². The van der Waals surface area contributed by atoms with Crippen molar-refractivity contribution in [3.8, 4) is 17.1 Å². The first-order valence-electron chi connectivity index (χ1n) is 10.4. The Labute approximate surface area is 177 Å². The van der Waals surface area contributed by atoms with Gasteiger partial charge in [-0.15, -0.1) is 0 Å². The smallest absolute Gasteiger partial charge is 0.237 e. The quantitative estimate of drug-likeness (QED) is 0.732. The molecule has 7 heteroatoms. The summed E-state index contributed by atoms with van der Waals surface area (Å²) in [5.41, 5.74) is 3.22. The Bertz CT molecular complexity index is 916. The molecule has 1 saturated heterocycles. The Hall–Kier alpha value is -2.77. The van der Waals surface area contributed by atoms with Crippen molar-refractivity contribution in [2.75, 3.05) is 46.9 Å². The van der Waals surface area contributed by atoms with Crippen molar-refractivity contribution in [1.29, 1.82) is 0 Å². The Morgan fingerprint density at radius 1 is 1.20 bits per heavy atom. The fourth-order valence-corrected chi connectivity index (χ4v) is 4.10. The van der Waals surface area contributed by atoms with Gasteiger partial charge in [-0.25, -0.2) is 9.97 Å². The van der Waals surface area contributed by atoms with Gasteiger partial charge in [-0.1, -0.05) is 12.1 Å². The van der Waals surface area contributed by atoms with Gasteiger partial charge in [0.1, 0.15) is 5.75 Å². The molecule has 30 heavy (non-hydrogen) atoms. The second kappa shape index (κ2) is 9.36. The van der Waals surface area contributed by atoms with E-state index in [9.17, 15) is 4.79 Å². The van der Waals surface area contributed by atoms with Crippen LogP contribution in [0, 0.1) is 0 Å². The van der Waals surface area contributed by atoms with Crippen LogP contribution in [0.2, 0.25) is 0 Å². The lowest BCUT2D eigenvalue weighted by molar-refractivity contribution is -0.131. The number of ether oxygens (including phenoxy) is 2. The highest BCUT2D eigenvalue weighted by Gasteiger charge is 2.26. The van der Waals surface area contributed by atoms with Crippen LogP contribution in [-0.4, -0.2) is 78.7 Å². The van der Waals surface area contributed by atoms with Crippen LogP contribution in [0.5, 0.6) is 5.75 Å². The molecular formula is C23H28N4O3. The maximum absolute atomic E-state index is 12.7. The van der Waals surface area contributed by atoms with Crippen molar-refractivity contribution >= 4 is 11.5 Å². The minimum atomic E-state index is 0.191. The third-order valence-corrected chi connectivity index (χ3v) is 5.86. The number of rotatable bonds is 6. The number of carbonyl (C=O) groups excluding carboxylic acids is 1. The molecule has 0 spiro atoms. The third-order valence-electron chi connectivity index (χ3n) is 5.86. The lowest BCUT2D eigenvalue weighted by atomic mass is 9.97. The maximum Gasteiger partial charge on any atom is 0.237 e. The number of hydrogen-bond donors (Lipinski definition) is 0. The molecule has 1 atom stereocenters. The summed E-state index contributed by atoms with van der Waals surface area (Å²) < 4.78 is 11.0. The Morgan fingerprint density at radius 3 is 2.70 bits per heavy atom. The standard InChI is InChI=1S/C23H28N4O3/c1-29-19-8-11-26(15-19)16-22(28)27-12-6-17(7-13-27)18-4-5-20(21(14-18)30-2)23-24-9-3-10-25-23/h3-6,9-10,14,19H,7-8,11-13,15-16H2,1-2H3/t19-/m0/s1. The summed E-state index contributed by atoms with van der Waals surface area (Å²) in [6, 6.07) is 7.90. The lowest BCUT2D eigenvalue weighted by Gasteiger charge is -2.28. The largest absolute Gasteiger partial charge is 0.496 e. The number of carbonyl (C=O) groups is 1. The zero-order chi connectivity index (χ0) is 20.9. The summed E-state index contributed by atoms with van der Waals surface area (Å²) in [6.07, 6.45) is 7.68. The predicted molar refractivity (Wildman–Crippen MR) is 115 cm³/mol. The number of aromatic nitrogens is 2. The molecule has 158 valence electrons. The highest BCUT2D eigenvalue weighted by atomic mass is 16.5. The van der Waals surface area contributed by atoms with E-state index in [4.69, 9.17) is 9.47 Å². The summed E-state index contributed by atoms with van der Waals surface area (Å²) in [4.78, 5) is 25.4. The third kappa shape index (κ3) is 4.52. The van der Waals surface area contributed by atoms with Gasteiger partial charge in [0, 0.05) is 45.7 Å². The Morgan fingerprint density at radius 2 is 2.03 bits per heavy atom. The van der Waals surface area contributed by atoms with Crippen LogP contribution in [0.25, 0.3) is 17.0 Å². The topological polar surface area (TPSA) is 67.8 Å². The van der Waals surface area contributed by atoms with Crippen LogP contribution in [0.4, 0.5) is 0 Å². The van der Waals surface area contributed by atoms with E-state index in [-0.39, 0.29) is 12.0 Å². The summed E-state index contributed by atoms with van der Waals surface area (Å²) in [5.74, 6) is 1.59. The van der Waals surface area contributed by atoms with Gasteiger partial charge >= 0.3 is 0 Å². The van der Waals surface area contributed by atoms with Crippen molar-refractivity contribution in [2.24, 2.45) is 0 Å². The molecule has 1 aromatic heterocycles. The molecule has 4 rings (SSSR count). The monoisotopic (exact) mass is 408 g/mol. The van der Waals surface area contributed by atoms with E-state index in [1.165, 1.54) is 5.57 Å². The van der Waals surface area contributed by atoms with E-state index in [2.05, 4.69) is 27.0 Å². The number of nitrogens with zero attached hydrogens (tertiary/aromatic N) is 4. The molecule has 7 nitrogen and oxygen atoms in total. The van der Waals surface area contributed by atoms with Crippen molar-refractivity contribution in [1.82, 2.24) is 19.8 Å². The zero-order valence-corrected chi connectivity index (χ0v) is 17.6. The van der Waals surface area contributed by atoms with E-state index < -0.39 is 0 Å². The number of hydrogen-bond acceptors (Lipinski definition) is 6. The maximum atomic E-state index is 12.7. The molecule has 1 aromatic carbocycles. The average Bonchev–Trinajstić information content (AvgIpc) is 3.27. The molecule has 0 N–H and O–H groups in total. The second-order valence-corrected chi connectivity index (χ2v) is 7.69. The van der Waals surface area contributed by atoms with Crippen LogP contribution >= 0.6 is 0 Å². The van der Waals surface area contributed by atoms with Gasteiger partial charge < -0.3 is 14.4 Å². The van der Waals surface area contributed by atoms with Gasteiger partial charge in [-0.05, 0) is 42.2 Å². The van der Waals surface area contributed by atoms with Gasteiger partial charge in [0.2, 0.25) is 5.91 Å². The molecular weight excluding hydrogens is 380 g/mol. The summed E-state index contributed by atoms with van der Waals surface area (Å²) >= 11 is 0.